The van der Waals surface area contributed by atoms with Gasteiger partial charge in [0.15, 0.2) is 0 Å². The van der Waals surface area contributed by atoms with Crippen molar-refractivity contribution in [2.45, 2.75) is 19.2 Å². The number of rotatable bonds is 4. The first kappa shape index (κ1) is 14.2. The lowest BCUT2D eigenvalue weighted by Gasteiger charge is -2.04. The standard InChI is InChI=1S/C15H15N3OS2/c1-11-4-2-6-14-17-12(9-18(11)14)10-21-15(20)16-8-13-5-3-7-19-13/h2-7,9H,8,10H2,1H3,(H,16,20). The average molecular weight is 317 g/mol. The van der Waals surface area contributed by atoms with Crippen molar-refractivity contribution >= 4 is 33.9 Å². The summed E-state index contributed by atoms with van der Waals surface area (Å²) in [5, 5.41) is 3.17. The molecule has 0 spiro atoms. The van der Waals surface area contributed by atoms with Crippen molar-refractivity contribution in [2.24, 2.45) is 0 Å². The van der Waals surface area contributed by atoms with E-state index in [0.717, 1.165) is 27.2 Å². The van der Waals surface area contributed by atoms with Gasteiger partial charge in [-0.05, 0) is 31.2 Å². The highest BCUT2D eigenvalue weighted by Gasteiger charge is 2.05. The molecule has 3 aromatic heterocycles. The van der Waals surface area contributed by atoms with Crippen LogP contribution in [0.1, 0.15) is 17.1 Å². The van der Waals surface area contributed by atoms with Gasteiger partial charge in [0.1, 0.15) is 15.7 Å². The second-order valence-corrected chi connectivity index (χ2v) is 6.29. The summed E-state index contributed by atoms with van der Waals surface area (Å²) in [7, 11) is 0. The van der Waals surface area contributed by atoms with Crippen LogP contribution < -0.4 is 5.32 Å². The summed E-state index contributed by atoms with van der Waals surface area (Å²) >= 11 is 6.88. The van der Waals surface area contributed by atoms with Gasteiger partial charge in [0.25, 0.3) is 0 Å². The summed E-state index contributed by atoms with van der Waals surface area (Å²) in [4.78, 5) is 4.59. The zero-order chi connectivity index (χ0) is 14.7. The number of pyridine rings is 1. The number of imidazole rings is 1. The molecule has 0 saturated heterocycles. The molecule has 0 radical (unpaired) electrons. The zero-order valence-corrected chi connectivity index (χ0v) is 13.2. The van der Waals surface area contributed by atoms with Crippen molar-refractivity contribution in [1.29, 1.82) is 0 Å². The van der Waals surface area contributed by atoms with Crippen LogP contribution in [0.4, 0.5) is 0 Å². The summed E-state index contributed by atoms with van der Waals surface area (Å²) < 4.78 is 8.10. The number of nitrogens with zero attached hydrogens (tertiary/aromatic N) is 2. The Hall–Kier alpha value is -1.79. The van der Waals surface area contributed by atoms with Crippen LogP contribution in [0.25, 0.3) is 5.65 Å². The number of nitrogens with one attached hydrogen (secondary N) is 1. The van der Waals surface area contributed by atoms with Gasteiger partial charge in [-0.25, -0.2) is 4.98 Å². The third kappa shape index (κ3) is 3.46. The fraction of sp³-hybridized carbons (Fsp3) is 0.200. The molecule has 0 aliphatic rings. The van der Waals surface area contributed by atoms with Crippen molar-refractivity contribution in [3.05, 3.63) is 59.9 Å². The predicted octanol–water partition coefficient (Wildman–Crippen LogP) is 3.54. The molecule has 21 heavy (non-hydrogen) atoms. The van der Waals surface area contributed by atoms with Gasteiger partial charge in [0, 0.05) is 17.6 Å². The third-order valence-electron chi connectivity index (χ3n) is 3.08. The largest absolute Gasteiger partial charge is 0.467 e. The summed E-state index contributed by atoms with van der Waals surface area (Å²) in [6.07, 6.45) is 3.72. The lowest BCUT2D eigenvalue weighted by Crippen LogP contribution is -2.17. The number of thioether (sulfide) groups is 1. The summed E-state index contributed by atoms with van der Waals surface area (Å²) in [6.45, 7) is 2.68. The second-order valence-electron chi connectivity index (χ2n) is 4.64. The van der Waals surface area contributed by atoms with Crippen LogP contribution in [0.15, 0.2) is 47.2 Å². The first-order chi connectivity index (χ1) is 10.2. The van der Waals surface area contributed by atoms with Gasteiger partial charge in [-0.2, -0.15) is 0 Å². The molecule has 0 atom stereocenters. The monoisotopic (exact) mass is 317 g/mol. The topological polar surface area (TPSA) is 42.5 Å². The number of aryl methyl sites for hydroxylation is 1. The number of hydrogen-bond donors (Lipinski definition) is 1. The Kier molecular flexibility index (Phi) is 4.26. The van der Waals surface area contributed by atoms with E-state index in [1.807, 2.05) is 24.3 Å². The first-order valence-corrected chi connectivity index (χ1v) is 7.98. The lowest BCUT2D eigenvalue weighted by atomic mass is 10.4. The van der Waals surface area contributed by atoms with Gasteiger partial charge in [0.2, 0.25) is 0 Å². The molecule has 0 saturated carbocycles. The van der Waals surface area contributed by atoms with Crippen LogP contribution in [-0.2, 0) is 12.3 Å². The van der Waals surface area contributed by atoms with Crippen LogP contribution in [0, 0.1) is 6.92 Å². The van der Waals surface area contributed by atoms with Gasteiger partial charge < -0.3 is 14.1 Å². The highest BCUT2D eigenvalue weighted by atomic mass is 32.2. The second kappa shape index (κ2) is 6.32. The fourth-order valence-corrected chi connectivity index (χ4v) is 2.87. The molecule has 0 aliphatic carbocycles. The molecule has 0 bridgehead atoms. The van der Waals surface area contributed by atoms with E-state index in [1.54, 1.807) is 18.0 Å². The number of hydrogen-bond acceptors (Lipinski definition) is 4. The van der Waals surface area contributed by atoms with E-state index < -0.39 is 0 Å². The van der Waals surface area contributed by atoms with Crippen molar-refractivity contribution < 1.29 is 4.42 Å². The van der Waals surface area contributed by atoms with E-state index in [9.17, 15) is 0 Å². The van der Waals surface area contributed by atoms with Gasteiger partial charge in [-0.15, -0.1) is 0 Å². The van der Waals surface area contributed by atoms with Crippen LogP contribution >= 0.6 is 24.0 Å². The Morgan fingerprint density at radius 2 is 2.29 bits per heavy atom. The number of thiocarbonyl (C=S) groups is 1. The first-order valence-electron chi connectivity index (χ1n) is 6.59. The Balaban J connectivity index is 1.56. The molecule has 0 amide bonds. The Morgan fingerprint density at radius 3 is 3.05 bits per heavy atom. The predicted molar refractivity (Wildman–Crippen MR) is 89.4 cm³/mol. The zero-order valence-electron chi connectivity index (χ0n) is 11.6. The van der Waals surface area contributed by atoms with Gasteiger partial charge in [0.05, 0.1) is 18.5 Å². The van der Waals surface area contributed by atoms with Crippen molar-refractivity contribution in [2.75, 3.05) is 0 Å². The van der Waals surface area contributed by atoms with E-state index in [2.05, 4.69) is 33.9 Å². The van der Waals surface area contributed by atoms with Crippen molar-refractivity contribution in [3.8, 4) is 0 Å². The normalized spacial score (nSPS) is 10.9. The smallest absolute Gasteiger partial charge is 0.137 e. The molecule has 3 aromatic rings. The number of aromatic nitrogens is 2. The minimum atomic E-state index is 0.614. The molecular weight excluding hydrogens is 302 g/mol. The molecule has 1 N–H and O–H groups in total. The molecule has 0 fully saturated rings. The summed E-state index contributed by atoms with van der Waals surface area (Å²) in [6, 6.07) is 9.89. The maximum Gasteiger partial charge on any atom is 0.137 e. The molecule has 4 nitrogen and oxygen atoms in total. The number of fused-ring (bicyclic) bond motifs is 1. The Labute approximate surface area is 132 Å². The van der Waals surface area contributed by atoms with Crippen LogP contribution in [0.2, 0.25) is 0 Å². The molecular formula is C15H15N3OS2. The number of furan rings is 1. The Morgan fingerprint density at radius 1 is 1.38 bits per heavy atom. The third-order valence-corrected chi connectivity index (χ3v) is 4.43. The lowest BCUT2D eigenvalue weighted by molar-refractivity contribution is 0.504. The minimum absolute atomic E-state index is 0.614. The van der Waals surface area contributed by atoms with E-state index in [4.69, 9.17) is 16.6 Å². The molecule has 3 heterocycles. The van der Waals surface area contributed by atoms with Crippen molar-refractivity contribution in [1.82, 2.24) is 14.7 Å². The van der Waals surface area contributed by atoms with E-state index in [-0.39, 0.29) is 0 Å². The minimum Gasteiger partial charge on any atom is -0.467 e. The van der Waals surface area contributed by atoms with Crippen molar-refractivity contribution in [3.63, 3.8) is 0 Å². The summed E-state index contributed by atoms with van der Waals surface area (Å²) in [5.74, 6) is 1.63. The highest BCUT2D eigenvalue weighted by Crippen LogP contribution is 2.15. The highest BCUT2D eigenvalue weighted by molar-refractivity contribution is 8.22. The Bertz CT molecular complexity index is 749. The summed E-state index contributed by atoms with van der Waals surface area (Å²) in [5.41, 5.74) is 3.17. The SMILES string of the molecule is Cc1cccc2nc(CSC(=S)NCc3ccco3)cn12. The van der Waals surface area contributed by atoms with Gasteiger partial charge in [-0.1, -0.05) is 30.0 Å². The van der Waals surface area contributed by atoms with Crippen LogP contribution in [0.3, 0.4) is 0 Å². The maximum absolute atomic E-state index is 5.31. The van der Waals surface area contributed by atoms with Gasteiger partial charge >= 0.3 is 0 Å². The fourth-order valence-electron chi connectivity index (χ4n) is 2.03. The molecule has 0 aliphatic heterocycles. The quantitative estimate of drug-likeness (QED) is 0.746. The molecule has 6 heteroatoms. The van der Waals surface area contributed by atoms with Crippen LogP contribution in [-0.4, -0.2) is 13.7 Å². The van der Waals surface area contributed by atoms with E-state index in [0.29, 0.717) is 6.54 Å². The van der Waals surface area contributed by atoms with E-state index in [1.165, 1.54) is 5.69 Å². The molecule has 0 unspecified atom stereocenters. The van der Waals surface area contributed by atoms with Gasteiger partial charge in [-0.3, -0.25) is 0 Å². The molecule has 108 valence electrons. The van der Waals surface area contributed by atoms with E-state index >= 15 is 0 Å². The molecule has 3 rings (SSSR count). The molecule has 0 aromatic carbocycles. The maximum atomic E-state index is 5.31. The average Bonchev–Trinajstić information content (AvgIpc) is 3.12. The van der Waals surface area contributed by atoms with Crippen LogP contribution in [0.5, 0.6) is 0 Å².